The van der Waals surface area contributed by atoms with Gasteiger partial charge in [0.25, 0.3) is 5.91 Å². The number of rotatable bonds is 5. The van der Waals surface area contributed by atoms with Gasteiger partial charge >= 0.3 is 22.1 Å². The van der Waals surface area contributed by atoms with Gasteiger partial charge in [-0.1, -0.05) is 41.9 Å². The number of alkyl halides is 3. The summed E-state index contributed by atoms with van der Waals surface area (Å²) in [5.74, 6) is -1.26. The number of piperidine rings is 1. The van der Waals surface area contributed by atoms with Crippen molar-refractivity contribution < 1.29 is 31.2 Å². The van der Waals surface area contributed by atoms with E-state index in [0.717, 1.165) is 19.1 Å². The highest BCUT2D eigenvalue weighted by Gasteiger charge is 2.68. The number of carbonyl (C=O) groups excluding carboxylic acids is 2. The van der Waals surface area contributed by atoms with Crippen molar-refractivity contribution in [2.45, 2.75) is 55.8 Å². The highest BCUT2D eigenvalue weighted by Crippen LogP contribution is 2.57. The Labute approximate surface area is 247 Å². The number of sulfonamides is 1. The maximum Gasteiger partial charge on any atom is 0.417 e. The molecule has 5 rings (SSSR count). The Morgan fingerprint density at radius 1 is 1.05 bits per heavy atom. The van der Waals surface area contributed by atoms with E-state index in [1.54, 1.807) is 37.3 Å². The molecule has 0 radical (unpaired) electrons. The molecule has 2 N–H and O–H groups in total. The molecular weight excluding hydrogens is 591 g/mol. The molecule has 0 saturated carbocycles. The molecule has 42 heavy (non-hydrogen) atoms. The second-order valence-electron chi connectivity index (χ2n) is 10.7. The number of amides is 2. The average molecular weight is 621 g/mol. The molecule has 2 aliphatic heterocycles. The lowest BCUT2D eigenvalue weighted by molar-refractivity contribution is -0.140. The summed E-state index contributed by atoms with van der Waals surface area (Å²) in [4.78, 5) is 26.0. The standard InChI is InChI=1S/C30H29ClF3N3O4S/c1-19-29(13-15-35-16-14-29)24-17-21(28(39)36-18-22-7-3-5-9-25(22)31)11-12-26(24)37(19,20(2)38)42(40,41)27-10-6-4-8-23(27)30(32,33)34/h3-12,17,19,35H,13-16,18H2,1-2H3/p+1. The first-order valence-electron chi connectivity index (χ1n) is 13.5. The fraction of sp³-hybridized carbons (Fsp3) is 0.333. The zero-order valence-electron chi connectivity index (χ0n) is 23.0. The van der Waals surface area contributed by atoms with Gasteiger partial charge in [-0.25, -0.2) is 4.79 Å². The van der Waals surface area contributed by atoms with Gasteiger partial charge in [0.1, 0.15) is 10.9 Å². The van der Waals surface area contributed by atoms with E-state index >= 15 is 0 Å². The van der Waals surface area contributed by atoms with E-state index in [2.05, 4.69) is 10.6 Å². The van der Waals surface area contributed by atoms with Crippen molar-refractivity contribution in [3.63, 3.8) is 0 Å². The molecule has 7 nitrogen and oxygen atoms in total. The Morgan fingerprint density at radius 3 is 2.33 bits per heavy atom. The lowest BCUT2D eigenvalue weighted by atomic mass is 9.70. The minimum absolute atomic E-state index is 0.0662. The molecule has 222 valence electrons. The van der Waals surface area contributed by atoms with Gasteiger partial charge < -0.3 is 10.6 Å². The van der Waals surface area contributed by atoms with Crippen molar-refractivity contribution >= 4 is 39.1 Å². The van der Waals surface area contributed by atoms with Crippen LogP contribution in [-0.4, -0.2) is 39.4 Å². The second-order valence-corrected chi connectivity index (χ2v) is 13.1. The SMILES string of the molecule is CC(=O)[N+]1(S(=O)(=O)c2ccccc2C(F)(F)F)c2ccc(C(=O)NCc3ccccc3Cl)cc2C2(CCNCC2)C1C. The Morgan fingerprint density at radius 2 is 1.69 bits per heavy atom. The van der Waals surface area contributed by atoms with Gasteiger partial charge in [0.05, 0.1) is 17.9 Å². The van der Waals surface area contributed by atoms with E-state index in [4.69, 9.17) is 11.6 Å². The molecule has 12 heteroatoms. The molecule has 2 heterocycles. The van der Waals surface area contributed by atoms with E-state index in [1.165, 1.54) is 18.2 Å². The summed E-state index contributed by atoms with van der Waals surface area (Å²) in [5.41, 5.74) is -0.742. The quantitative estimate of drug-likeness (QED) is 0.365. The largest absolute Gasteiger partial charge is 0.417 e. The third-order valence-corrected chi connectivity index (χ3v) is 11.5. The zero-order valence-corrected chi connectivity index (χ0v) is 24.5. The molecule has 1 saturated heterocycles. The Balaban J connectivity index is 1.68. The molecule has 0 aromatic heterocycles. The number of carbonyl (C=O) groups is 2. The first kappa shape index (κ1) is 30.2. The molecule has 1 spiro atoms. The molecule has 0 aliphatic carbocycles. The van der Waals surface area contributed by atoms with Crippen molar-refractivity contribution in [3.8, 4) is 0 Å². The van der Waals surface area contributed by atoms with Gasteiger partial charge in [-0.15, -0.1) is 3.89 Å². The number of nitrogens with one attached hydrogen (secondary N) is 2. The number of quaternary nitrogens is 1. The minimum atomic E-state index is -5.00. The molecule has 2 unspecified atom stereocenters. The van der Waals surface area contributed by atoms with Crippen LogP contribution in [0.15, 0.2) is 71.6 Å². The highest BCUT2D eigenvalue weighted by molar-refractivity contribution is 7.91. The van der Waals surface area contributed by atoms with Gasteiger partial charge in [0.2, 0.25) is 0 Å². The smallest absolute Gasteiger partial charge is 0.348 e. The molecule has 2 aliphatic rings. The van der Waals surface area contributed by atoms with Crippen molar-refractivity contribution in [3.05, 3.63) is 94.0 Å². The summed E-state index contributed by atoms with van der Waals surface area (Å²) >= 11 is 6.22. The van der Waals surface area contributed by atoms with Gasteiger partial charge in [-0.05, 0) is 68.8 Å². The van der Waals surface area contributed by atoms with Crippen LogP contribution in [0.1, 0.15) is 53.7 Å². The Bertz CT molecular complexity index is 1670. The van der Waals surface area contributed by atoms with Crippen LogP contribution in [0.25, 0.3) is 0 Å². The maximum atomic E-state index is 14.5. The van der Waals surface area contributed by atoms with E-state index in [1.807, 2.05) is 0 Å². The first-order valence-corrected chi connectivity index (χ1v) is 15.3. The monoisotopic (exact) mass is 620 g/mol. The third kappa shape index (κ3) is 4.54. The fourth-order valence-electron chi connectivity index (χ4n) is 6.66. The molecule has 1 fully saturated rings. The van der Waals surface area contributed by atoms with Crippen LogP contribution in [0, 0.1) is 0 Å². The van der Waals surface area contributed by atoms with Crippen LogP contribution >= 0.6 is 11.6 Å². The second kappa shape index (κ2) is 10.8. The van der Waals surface area contributed by atoms with E-state index in [0.29, 0.717) is 48.1 Å². The van der Waals surface area contributed by atoms with Crippen molar-refractivity contribution in [1.29, 1.82) is 0 Å². The summed E-state index contributed by atoms with van der Waals surface area (Å²) in [6.07, 6.45) is -4.11. The van der Waals surface area contributed by atoms with Gasteiger partial charge in [-0.2, -0.15) is 21.6 Å². The number of hydrogen-bond donors (Lipinski definition) is 2. The zero-order chi connectivity index (χ0) is 30.5. The predicted molar refractivity (Wildman–Crippen MR) is 153 cm³/mol. The average Bonchev–Trinajstić information content (AvgIpc) is 3.17. The van der Waals surface area contributed by atoms with Crippen molar-refractivity contribution in [2.75, 3.05) is 13.1 Å². The van der Waals surface area contributed by atoms with Crippen LogP contribution in [-0.2, 0) is 33.0 Å². The Hall–Kier alpha value is -3.25. The molecule has 3 aromatic carbocycles. The number of halogens is 4. The summed E-state index contributed by atoms with van der Waals surface area (Å²) in [6, 6.07) is 14.4. The van der Waals surface area contributed by atoms with Gasteiger partial charge in [0.15, 0.2) is 5.69 Å². The van der Waals surface area contributed by atoms with Crippen LogP contribution < -0.4 is 14.5 Å². The van der Waals surface area contributed by atoms with Crippen molar-refractivity contribution in [2.24, 2.45) is 0 Å². The van der Waals surface area contributed by atoms with E-state index < -0.39 is 53.8 Å². The normalized spacial score (nSPS) is 21.6. The summed E-state index contributed by atoms with van der Waals surface area (Å²) in [6.45, 7) is 3.86. The lowest BCUT2D eigenvalue weighted by Gasteiger charge is -2.41. The minimum Gasteiger partial charge on any atom is -0.348 e. The molecule has 0 bridgehead atoms. The van der Waals surface area contributed by atoms with Crippen LogP contribution in [0.4, 0.5) is 18.9 Å². The summed E-state index contributed by atoms with van der Waals surface area (Å²) in [5, 5.41) is 6.55. The van der Waals surface area contributed by atoms with Crippen LogP contribution in [0.2, 0.25) is 5.02 Å². The summed E-state index contributed by atoms with van der Waals surface area (Å²) < 4.78 is 70.0. The van der Waals surface area contributed by atoms with Gasteiger partial charge in [0, 0.05) is 28.8 Å². The number of nitrogens with zero attached hydrogens (tertiary/aromatic N) is 1. The number of hydrogen-bond acceptors (Lipinski definition) is 5. The number of benzene rings is 3. The molecule has 3 aromatic rings. The highest BCUT2D eigenvalue weighted by atomic mass is 35.5. The third-order valence-electron chi connectivity index (χ3n) is 8.71. The number of fused-ring (bicyclic) bond motifs is 2. The fourth-order valence-corrected chi connectivity index (χ4v) is 9.26. The maximum absolute atomic E-state index is 14.5. The van der Waals surface area contributed by atoms with E-state index in [9.17, 15) is 31.2 Å². The lowest BCUT2D eigenvalue weighted by Crippen LogP contribution is -2.65. The molecule has 2 amide bonds. The van der Waals surface area contributed by atoms with E-state index in [-0.39, 0.29) is 17.8 Å². The Kier molecular flexibility index (Phi) is 7.76. The molecular formula is C30H30ClF3N3O4S+. The predicted octanol–water partition coefficient (Wildman–Crippen LogP) is 5.55. The topological polar surface area (TPSA) is 92.3 Å². The van der Waals surface area contributed by atoms with Gasteiger partial charge in [-0.3, -0.25) is 4.79 Å². The first-order chi connectivity index (χ1) is 19.8. The van der Waals surface area contributed by atoms with Crippen LogP contribution in [0.5, 0.6) is 0 Å². The molecule has 2 atom stereocenters. The summed E-state index contributed by atoms with van der Waals surface area (Å²) in [7, 11) is -5.00. The van der Waals surface area contributed by atoms with Crippen LogP contribution in [0.3, 0.4) is 0 Å². The van der Waals surface area contributed by atoms with Crippen molar-refractivity contribution in [1.82, 2.24) is 14.5 Å².